The van der Waals surface area contributed by atoms with Crippen molar-refractivity contribution in [2.75, 3.05) is 48.8 Å². The van der Waals surface area contributed by atoms with Crippen LogP contribution in [0.2, 0.25) is 0 Å². The average molecular weight is 431 g/mol. The molecule has 0 bridgehead atoms. The van der Waals surface area contributed by atoms with E-state index >= 15 is 0 Å². The zero-order chi connectivity index (χ0) is 19.4. The molecule has 2 N–H and O–H groups in total. The van der Waals surface area contributed by atoms with E-state index in [1.165, 1.54) is 0 Å². The van der Waals surface area contributed by atoms with Crippen LogP contribution in [-0.4, -0.2) is 49.9 Å². The third-order valence-electron chi connectivity index (χ3n) is 4.62. The lowest BCUT2D eigenvalue weighted by molar-refractivity contribution is -0.132. The molecule has 2 aromatic rings. The van der Waals surface area contributed by atoms with Gasteiger partial charge >= 0.3 is 11.8 Å². The molecule has 0 atom stereocenters. The number of hydrogen-bond acceptors (Lipinski definition) is 4. The molecule has 142 valence electrons. The smallest absolute Gasteiger partial charge is 0.314 e. The van der Waals surface area contributed by atoms with Gasteiger partial charge in [-0.3, -0.25) is 9.59 Å². The molecule has 1 saturated heterocycles. The van der Waals surface area contributed by atoms with Crippen LogP contribution in [0.25, 0.3) is 0 Å². The molecule has 2 aromatic carbocycles. The SMILES string of the molecule is Cc1cc(NC(=O)C(=O)Nc2ccc(N3CCN(C)CC3)cc2)ccc1Br. The van der Waals surface area contributed by atoms with E-state index in [4.69, 9.17) is 0 Å². The zero-order valence-corrected chi connectivity index (χ0v) is 17.0. The summed E-state index contributed by atoms with van der Waals surface area (Å²) in [4.78, 5) is 28.9. The number of carbonyl (C=O) groups is 2. The molecular weight excluding hydrogens is 408 g/mol. The zero-order valence-electron chi connectivity index (χ0n) is 15.5. The lowest BCUT2D eigenvalue weighted by atomic mass is 10.2. The lowest BCUT2D eigenvalue weighted by Gasteiger charge is -2.34. The Kier molecular flexibility index (Phi) is 6.13. The average Bonchev–Trinajstić information content (AvgIpc) is 2.66. The molecule has 1 heterocycles. The number of anilines is 3. The van der Waals surface area contributed by atoms with Crippen LogP contribution in [0.15, 0.2) is 46.9 Å². The van der Waals surface area contributed by atoms with Gasteiger partial charge in [0.2, 0.25) is 0 Å². The molecular formula is C20H23BrN4O2. The van der Waals surface area contributed by atoms with Crippen molar-refractivity contribution >= 4 is 44.8 Å². The number of amides is 2. The van der Waals surface area contributed by atoms with E-state index in [1.54, 1.807) is 12.1 Å². The Labute approximate surface area is 167 Å². The largest absolute Gasteiger partial charge is 0.369 e. The van der Waals surface area contributed by atoms with Crippen LogP contribution in [0.1, 0.15) is 5.56 Å². The van der Waals surface area contributed by atoms with Crippen molar-refractivity contribution in [1.82, 2.24) is 4.90 Å². The number of benzene rings is 2. The first-order valence-electron chi connectivity index (χ1n) is 8.84. The maximum absolute atomic E-state index is 12.1. The Balaban J connectivity index is 1.56. The van der Waals surface area contributed by atoms with E-state index in [0.717, 1.165) is 41.9 Å². The second-order valence-electron chi connectivity index (χ2n) is 6.71. The molecule has 2 amide bonds. The normalized spacial score (nSPS) is 14.7. The first-order valence-corrected chi connectivity index (χ1v) is 9.64. The third-order valence-corrected chi connectivity index (χ3v) is 5.51. The van der Waals surface area contributed by atoms with E-state index in [2.05, 4.69) is 43.4 Å². The molecule has 0 aliphatic carbocycles. The molecule has 0 aromatic heterocycles. The second kappa shape index (κ2) is 8.54. The summed E-state index contributed by atoms with van der Waals surface area (Å²) in [6.07, 6.45) is 0. The van der Waals surface area contributed by atoms with E-state index in [9.17, 15) is 9.59 Å². The van der Waals surface area contributed by atoms with Crippen molar-refractivity contribution in [2.24, 2.45) is 0 Å². The number of aryl methyl sites for hydroxylation is 1. The van der Waals surface area contributed by atoms with Gasteiger partial charge in [0, 0.05) is 47.7 Å². The van der Waals surface area contributed by atoms with E-state index in [-0.39, 0.29) is 0 Å². The number of nitrogens with zero attached hydrogens (tertiary/aromatic N) is 2. The maximum atomic E-state index is 12.1. The van der Waals surface area contributed by atoms with Crippen molar-refractivity contribution in [3.05, 3.63) is 52.5 Å². The number of likely N-dealkylation sites (N-methyl/N-ethyl adjacent to an activating group) is 1. The summed E-state index contributed by atoms with van der Waals surface area (Å²) in [7, 11) is 2.12. The monoisotopic (exact) mass is 430 g/mol. The molecule has 0 spiro atoms. The summed E-state index contributed by atoms with van der Waals surface area (Å²) in [6.45, 7) is 5.96. The summed E-state index contributed by atoms with van der Waals surface area (Å²) >= 11 is 3.41. The van der Waals surface area contributed by atoms with Gasteiger partial charge in [-0.05, 0) is 62.0 Å². The summed E-state index contributed by atoms with van der Waals surface area (Å²) in [6, 6.07) is 13.0. The Bertz CT molecular complexity index is 830. The van der Waals surface area contributed by atoms with Crippen LogP contribution in [-0.2, 0) is 9.59 Å². The first-order chi connectivity index (χ1) is 12.9. The highest BCUT2D eigenvalue weighted by molar-refractivity contribution is 9.10. The number of hydrogen-bond donors (Lipinski definition) is 2. The van der Waals surface area contributed by atoms with Crippen molar-refractivity contribution in [3.8, 4) is 0 Å². The van der Waals surface area contributed by atoms with Gasteiger partial charge in [0.1, 0.15) is 0 Å². The third kappa shape index (κ3) is 5.08. The Hall–Kier alpha value is -2.38. The molecule has 0 radical (unpaired) electrons. The van der Waals surface area contributed by atoms with E-state index in [0.29, 0.717) is 11.4 Å². The van der Waals surface area contributed by atoms with Gasteiger partial charge < -0.3 is 20.4 Å². The van der Waals surface area contributed by atoms with Crippen molar-refractivity contribution in [3.63, 3.8) is 0 Å². The number of halogens is 1. The standard InChI is InChI=1S/C20H23BrN4O2/c1-14-13-16(5-8-18(14)21)23-20(27)19(26)22-15-3-6-17(7-4-15)25-11-9-24(2)10-12-25/h3-8,13H,9-12H2,1-2H3,(H,22,26)(H,23,27). The van der Waals surface area contributed by atoms with Crippen molar-refractivity contribution in [1.29, 1.82) is 0 Å². The van der Waals surface area contributed by atoms with E-state index < -0.39 is 11.8 Å². The fraction of sp³-hybridized carbons (Fsp3) is 0.300. The fourth-order valence-electron chi connectivity index (χ4n) is 2.92. The second-order valence-corrected chi connectivity index (χ2v) is 7.56. The number of rotatable bonds is 3. The van der Waals surface area contributed by atoms with Crippen LogP contribution in [0.5, 0.6) is 0 Å². The molecule has 27 heavy (non-hydrogen) atoms. The minimum Gasteiger partial charge on any atom is -0.369 e. The fourth-order valence-corrected chi connectivity index (χ4v) is 3.17. The molecule has 0 saturated carbocycles. The lowest BCUT2D eigenvalue weighted by Crippen LogP contribution is -2.44. The van der Waals surface area contributed by atoms with E-state index in [1.807, 2.05) is 37.3 Å². The number of carbonyl (C=O) groups excluding carboxylic acids is 2. The summed E-state index contributed by atoms with van der Waals surface area (Å²) in [5, 5.41) is 5.25. The van der Waals surface area contributed by atoms with Gasteiger partial charge in [-0.1, -0.05) is 15.9 Å². The van der Waals surface area contributed by atoms with Crippen molar-refractivity contribution < 1.29 is 9.59 Å². The Morgan fingerprint density at radius 1 is 0.889 bits per heavy atom. The van der Waals surface area contributed by atoms with Crippen LogP contribution in [0.3, 0.4) is 0 Å². The molecule has 6 nitrogen and oxygen atoms in total. The van der Waals surface area contributed by atoms with Crippen LogP contribution in [0.4, 0.5) is 17.1 Å². The predicted octanol–water partition coefficient (Wildman–Crippen LogP) is 3.09. The highest BCUT2D eigenvalue weighted by Crippen LogP contribution is 2.21. The quantitative estimate of drug-likeness (QED) is 0.734. The Morgan fingerprint density at radius 3 is 2.04 bits per heavy atom. The number of nitrogens with one attached hydrogen (secondary N) is 2. The molecule has 7 heteroatoms. The molecule has 0 unspecified atom stereocenters. The molecule has 1 aliphatic heterocycles. The van der Waals surface area contributed by atoms with Gasteiger partial charge in [0.15, 0.2) is 0 Å². The first kappa shape index (κ1) is 19.4. The van der Waals surface area contributed by atoms with Crippen LogP contribution < -0.4 is 15.5 Å². The van der Waals surface area contributed by atoms with Gasteiger partial charge in [-0.2, -0.15) is 0 Å². The number of piperazine rings is 1. The minimum absolute atomic E-state index is 0.585. The van der Waals surface area contributed by atoms with Gasteiger partial charge in [0.05, 0.1) is 0 Å². The summed E-state index contributed by atoms with van der Waals surface area (Å²) in [5.41, 5.74) is 3.28. The van der Waals surface area contributed by atoms with Crippen LogP contribution >= 0.6 is 15.9 Å². The van der Waals surface area contributed by atoms with Gasteiger partial charge in [-0.15, -0.1) is 0 Å². The Morgan fingerprint density at radius 2 is 1.44 bits per heavy atom. The van der Waals surface area contributed by atoms with Crippen LogP contribution in [0, 0.1) is 6.92 Å². The topological polar surface area (TPSA) is 64.7 Å². The highest BCUT2D eigenvalue weighted by Gasteiger charge is 2.16. The summed E-state index contributed by atoms with van der Waals surface area (Å²) in [5.74, 6) is -1.39. The maximum Gasteiger partial charge on any atom is 0.314 e. The summed E-state index contributed by atoms with van der Waals surface area (Å²) < 4.78 is 0.949. The van der Waals surface area contributed by atoms with Crippen molar-refractivity contribution in [2.45, 2.75) is 6.92 Å². The molecule has 1 aliphatic rings. The predicted molar refractivity (Wildman–Crippen MR) is 112 cm³/mol. The minimum atomic E-state index is -0.695. The van der Waals surface area contributed by atoms with Gasteiger partial charge in [-0.25, -0.2) is 0 Å². The molecule has 3 rings (SSSR count). The van der Waals surface area contributed by atoms with Gasteiger partial charge in [0.25, 0.3) is 0 Å². The molecule has 1 fully saturated rings. The highest BCUT2D eigenvalue weighted by atomic mass is 79.9.